The minimum Gasteiger partial charge on any atom is -0.492 e. The molecular formula is C15H21FN2O2. The summed E-state index contributed by atoms with van der Waals surface area (Å²) in [4.78, 5) is 13.9. The summed E-state index contributed by atoms with van der Waals surface area (Å²) in [5.74, 6) is 0.925. The van der Waals surface area contributed by atoms with E-state index in [9.17, 15) is 9.18 Å². The second kappa shape index (κ2) is 6.70. The summed E-state index contributed by atoms with van der Waals surface area (Å²) in [6, 6.07) is 5.88. The first-order valence-corrected chi connectivity index (χ1v) is 6.92. The summed E-state index contributed by atoms with van der Waals surface area (Å²) >= 11 is 0. The number of carbonyl (C=O) groups is 1. The van der Waals surface area contributed by atoms with Crippen molar-refractivity contribution in [2.24, 2.45) is 11.8 Å². The highest BCUT2D eigenvalue weighted by molar-refractivity contribution is 5.79. The van der Waals surface area contributed by atoms with Crippen LogP contribution in [0.15, 0.2) is 24.3 Å². The zero-order valence-corrected chi connectivity index (χ0v) is 11.9. The van der Waals surface area contributed by atoms with Crippen LogP contribution in [0, 0.1) is 17.7 Å². The van der Waals surface area contributed by atoms with Crippen LogP contribution in [0.1, 0.15) is 6.92 Å². The van der Waals surface area contributed by atoms with Crippen molar-refractivity contribution in [3.8, 4) is 5.75 Å². The van der Waals surface area contributed by atoms with E-state index in [1.165, 1.54) is 12.1 Å². The Labute approximate surface area is 118 Å². The number of benzene rings is 1. The Balaban J connectivity index is 1.75. The van der Waals surface area contributed by atoms with Gasteiger partial charge in [0.1, 0.15) is 18.2 Å². The molecule has 1 N–H and O–H groups in total. The topological polar surface area (TPSA) is 41.6 Å². The fourth-order valence-electron chi connectivity index (χ4n) is 2.37. The molecule has 1 fully saturated rings. The van der Waals surface area contributed by atoms with Crippen LogP contribution in [0.5, 0.6) is 5.75 Å². The van der Waals surface area contributed by atoms with E-state index >= 15 is 0 Å². The average Bonchev–Trinajstić information content (AvgIpc) is 2.86. The molecule has 0 aliphatic carbocycles. The number of hydrogen-bond donors (Lipinski definition) is 1. The van der Waals surface area contributed by atoms with Crippen LogP contribution < -0.4 is 10.1 Å². The minimum absolute atomic E-state index is 0.0609. The number of likely N-dealkylation sites (N-methyl/N-ethyl adjacent to an activating group) is 1. The van der Waals surface area contributed by atoms with Crippen molar-refractivity contribution in [3.63, 3.8) is 0 Å². The summed E-state index contributed by atoms with van der Waals surface area (Å²) in [5.41, 5.74) is 0. The summed E-state index contributed by atoms with van der Waals surface area (Å²) in [6.45, 7) is 4.67. The Morgan fingerprint density at radius 3 is 2.70 bits per heavy atom. The maximum atomic E-state index is 12.7. The molecule has 5 heteroatoms. The first-order chi connectivity index (χ1) is 9.58. The number of amides is 1. The molecule has 0 spiro atoms. The fraction of sp³-hybridized carbons (Fsp3) is 0.533. The lowest BCUT2D eigenvalue weighted by Crippen LogP contribution is -2.38. The molecule has 1 aliphatic heterocycles. The first-order valence-electron chi connectivity index (χ1n) is 6.92. The standard InChI is InChI=1S/C15H21FN2O2/c1-11-9-17-10-14(11)15(19)18(2)7-8-20-13-5-3-12(16)4-6-13/h3-6,11,14,17H,7-10H2,1-2H3/t11-,14-/m1/s1. The molecule has 1 saturated heterocycles. The first kappa shape index (κ1) is 14.8. The Morgan fingerprint density at radius 2 is 2.10 bits per heavy atom. The molecule has 0 bridgehead atoms. The van der Waals surface area contributed by atoms with Gasteiger partial charge in [0.2, 0.25) is 5.91 Å². The molecule has 2 atom stereocenters. The molecule has 20 heavy (non-hydrogen) atoms. The Bertz CT molecular complexity index is 450. The third kappa shape index (κ3) is 3.70. The van der Waals surface area contributed by atoms with E-state index in [2.05, 4.69) is 12.2 Å². The molecule has 1 aromatic carbocycles. The highest BCUT2D eigenvalue weighted by atomic mass is 19.1. The minimum atomic E-state index is -0.285. The predicted octanol–water partition coefficient (Wildman–Crippen LogP) is 1.52. The van der Waals surface area contributed by atoms with Crippen molar-refractivity contribution < 1.29 is 13.9 Å². The summed E-state index contributed by atoms with van der Waals surface area (Å²) in [6.07, 6.45) is 0. The number of nitrogens with zero attached hydrogens (tertiary/aromatic N) is 1. The van der Waals surface area contributed by atoms with Gasteiger partial charge in [-0.25, -0.2) is 4.39 Å². The maximum Gasteiger partial charge on any atom is 0.227 e. The lowest BCUT2D eigenvalue weighted by molar-refractivity contribution is -0.134. The van der Waals surface area contributed by atoms with E-state index < -0.39 is 0 Å². The van der Waals surface area contributed by atoms with Gasteiger partial charge < -0.3 is 15.0 Å². The Kier molecular flexibility index (Phi) is 4.95. The Morgan fingerprint density at radius 1 is 1.40 bits per heavy atom. The number of rotatable bonds is 5. The van der Waals surface area contributed by atoms with Crippen molar-refractivity contribution in [2.45, 2.75) is 6.92 Å². The second-order valence-corrected chi connectivity index (χ2v) is 5.30. The van der Waals surface area contributed by atoms with Crippen molar-refractivity contribution >= 4 is 5.91 Å². The molecule has 110 valence electrons. The zero-order valence-electron chi connectivity index (χ0n) is 11.9. The van der Waals surface area contributed by atoms with Gasteiger partial charge in [0.15, 0.2) is 0 Å². The largest absolute Gasteiger partial charge is 0.492 e. The van der Waals surface area contributed by atoms with Gasteiger partial charge in [0.25, 0.3) is 0 Å². The van der Waals surface area contributed by atoms with Crippen molar-refractivity contribution in [2.75, 3.05) is 33.3 Å². The van der Waals surface area contributed by atoms with E-state index in [1.54, 1.807) is 24.1 Å². The van der Waals surface area contributed by atoms with Crippen LogP contribution >= 0.6 is 0 Å². The van der Waals surface area contributed by atoms with Gasteiger partial charge in [-0.2, -0.15) is 0 Å². The van der Waals surface area contributed by atoms with Gasteiger partial charge in [-0.3, -0.25) is 4.79 Å². The van der Waals surface area contributed by atoms with Gasteiger partial charge in [-0.1, -0.05) is 6.92 Å². The molecule has 2 rings (SSSR count). The Hall–Kier alpha value is -1.62. The molecule has 1 amide bonds. The van der Waals surface area contributed by atoms with Gasteiger partial charge in [-0.15, -0.1) is 0 Å². The molecule has 1 heterocycles. The normalized spacial score (nSPS) is 21.8. The average molecular weight is 280 g/mol. The van der Waals surface area contributed by atoms with Gasteiger partial charge >= 0.3 is 0 Å². The summed E-state index contributed by atoms with van der Waals surface area (Å²) < 4.78 is 18.2. The van der Waals surface area contributed by atoms with Gasteiger partial charge in [-0.05, 0) is 36.7 Å². The molecular weight excluding hydrogens is 259 g/mol. The second-order valence-electron chi connectivity index (χ2n) is 5.30. The van der Waals surface area contributed by atoms with E-state index in [-0.39, 0.29) is 17.6 Å². The van der Waals surface area contributed by atoms with Crippen molar-refractivity contribution in [3.05, 3.63) is 30.1 Å². The number of carbonyl (C=O) groups excluding carboxylic acids is 1. The van der Waals surface area contributed by atoms with Crippen LogP contribution in [0.4, 0.5) is 4.39 Å². The van der Waals surface area contributed by atoms with Crippen molar-refractivity contribution in [1.82, 2.24) is 10.2 Å². The zero-order chi connectivity index (χ0) is 14.5. The van der Waals surface area contributed by atoms with Crippen LogP contribution in [0.3, 0.4) is 0 Å². The molecule has 0 aromatic heterocycles. The van der Waals surface area contributed by atoms with Crippen molar-refractivity contribution in [1.29, 1.82) is 0 Å². The van der Waals surface area contributed by atoms with Gasteiger partial charge in [0.05, 0.1) is 12.5 Å². The molecule has 0 radical (unpaired) electrons. The monoisotopic (exact) mass is 280 g/mol. The third-order valence-electron chi connectivity index (χ3n) is 3.72. The smallest absolute Gasteiger partial charge is 0.227 e. The molecule has 1 aromatic rings. The number of hydrogen-bond acceptors (Lipinski definition) is 3. The maximum absolute atomic E-state index is 12.7. The fourth-order valence-corrected chi connectivity index (χ4v) is 2.37. The van der Waals surface area contributed by atoms with Crippen LogP contribution in [0.25, 0.3) is 0 Å². The van der Waals surface area contributed by atoms with E-state index in [0.29, 0.717) is 24.8 Å². The van der Waals surface area contributed by atoms with E-state index in [4.69, 9.17) is 4.74 Å². The number of nitrogens with one attached hydrogen (secondary N) is 1. The summed E-state index contributed by atoms with van der Waals surface area (Å²) in [5, 5.41) is 3.23. The lowest BCUT2D eigenvalue weighted by Gasteiger charge is -2.23. The molecule has 4 nitrogen and oxygen atoms in total. The number of halogens is 1. The summed E-state index contributed by atoms with van der Waals surface area (Å²) in [7, 11) is 1.79. The van der Waals surface area contributed by atoms with Crippen LogP contribution in [0.2, 0.25) is 0 Å². The van der Waals surface area contributed by atoms with Gasteiger partial charge in [0, 0.05) is 13.6 Å². The molecule has 0 saturated carbocycles. The molecule has 1 aliphatic rings. The van der Waals surface area contributed by atoms with E-state index in [1.807, 2.05) is 0 Å². The van der Waals surface area contributed by atoms with E-state index in [0.717, 1.165) is 13.1 Å². The number of ether oxygens (including phenoxy) is 1. The van der Waals surface area contributed by atoms with Crippen LogP contribution in [-0.2, 0) is 4.79 Å². The predicted molar refractivity (Wildman–Crippen MR) is 75.1 cm³/mol. The molecule has 0 unspecified atom stereocenters. The quantitative estimate of drug-likeness (QED) is 0.889. The highest BCUT2D eigenvalue weighted by Gasteiger charge is 2.31. The lowest BCUT2D eigenvalue weighted by atomic mass is 9.97. The SMILES string of the molecule is C[C@@H]1CNC[C@H]1C(=O)N(C)CCOc1ccc(F)cc1. The third-order valence-corrected chi connectivity index (χ3v) is 3.72. The highest BCUT2D eigenvalue weighted by Crippen LogP contribution is 2.18. The van der Waals surface area contributed by atoms with Crippen LogP contribution in [-0.4, -0.2) is 44.1 Å².